The molecular formula is C19H23NO3S. The maximum atomic E-state index is 10.3. The molecule has 128 valence electrons. The van der Waals surface area contributed by atoms with Crippen LogP contribution in [0.15, 0.2) is 22.8 Å². The Bertz CT molecular complexity index is 783. The summed E-state index contributed by atoms with van der Waals surface area (Å²) in [5.74, 6) is 2.07. The fraction of sp³-hybridized carbons (Fsp3) is 0.421. The van der Waals surface area contributed by atoms with Crippen LogP contribution in [0.3, 0.4) is 0 Å². The molecule has 1 aromatic carbocycles. The molecule has 0 radical (unpaired) electrons. The van der Waals surface area contributed by atoms with Crippen LogP contribution in [0.2, 0.25) is 0 Å². The Balaban J connectivity index is 1.84. The molecule has 2 N–H and O–H groups in total. The van der Waals surface area contributed by atoms with Gasteiger partial charge in [0.2, 0.25) is 0 Å². The molecule has 1 atom stereocenters. The number of furan rings is 1. The van der Waals surface area contributed by atoms with Crippen LogP contribution in [0.1, 0.15) is 41.4 Å². The Morgan fingerprint density at radius 2 is 2.04 bits per heavy atom. The SMILES string of the molecule is Cc1c(C)c2c(c(C)c1O)CCC(C)(C(=S)NCc1ccco1)O2. The Labute approximate surface area is 147 Å². The summed E-state index contributed by atoms with van der Waals surface area (Å²) in [5.41, 5.74) is 3.28. The van der Waals surface area contributed by atoms with Crippen LogP contribution in [0.5, 0.6) is 11.5 Å². The molecule has 0 spiro atoms. The van der Waals surface area contributed by atoms with Gasteiger partial charge in [-0.15, -0.1) is 0 Å². The van der Waals surface area contributed by atoms with Gasteiger partial charge in [-0.1, -0.05) is 12.2 Å². The molecule has 0 fully saturated rings. The normalized spacial score (nSPS) is 19.5. The van der Waals surface area contributed by atoms with Crippen molar-refractivity contribution < 1.29 is 14.3 Å². The van der Waals surface area contributed by atoms with Crippen LogP contribution in [0, 0.1) is 20.8 Å². The number of phenolic OH excluding ortho intramolecular Hbond substituents is 1. The first-order valence-electron chi connectivity index (χ1n) is 8.15. The molecule has 0 saturated carbocycles. The smallest absolute Gasteiger partial charge is 0.156 e. The van der Waals surface area contributed by atoms with Crippen LogP contribution in [0.25, 0.3) is 0 Å². The fourth-order valence-electron chi connectivity index (χ4n) is 3.18. The molecule has 5 heteroatoms. The second-order valence-corrected chi connectivity index (χ2v) is 7.03. The summed E-state index contributed by atoms with van der Waals surface area (Å²) in [7, 11) is 0. The molecule has 0 aliphatic carbocycles. The molecule has 1 aromatic heterocycles. The first kappa shape index (κ1) is 16.8. The third kappa shape index (κ3) is 2.77. The van der Waals surface area contributed by atoms with E-state index in [1.54, 1.807) is 6.26 Å². The van der Waals surface area contributed by atoms with E-state index in [1.165, 1.54) is 0 Å². The van der Waals surface area contributed by atoms with Gasteiger partial charge in [-0.2, -0.15) is 0 Å². The number of ether oxygens (including phenoxy) is 1. The number of phenols is 1. The maximum absolute atomic E-state index is 10.3. The van der Waals surface area contributed by atoms with Gasteiger partial charge in [-0.25, -0.2) is 0 Å². The standard InChI is InChI=1S/C19H23NO3S/c1-11-12(2)17-15(13(3)16(11)21)7-8-19(4,23-17)18(24)20-10-14-6-5-9-22-14/h5-6,9,21H,7-8,10H2,1-4H3,(H,20,24). The maximum Gasteiger partial charge on any atom is 0.156 e. The first-order chi connectivity index (χ1) is 11.3. The van der Waals surface area contributed by atoms with E-state index in [4.69, 9.17) is 21.4 Å². The molecule has 0 bridgehead atoms. The fourth-order valence-corrected chi connectivity index (χ4v) is 3.39. The third-order valence-corrected chi connectivity index (χ3v) is 5.58. The van der Waals surface area contributed by atoms with Crippen LogP contribution >= 0.6 is 12.2 Å². The molecule has 24 heavy (non-hydrogen) atoms. The van der Waals surface area contributed by atoms with Crippen molar-refractivity contribution in [3.8, 4) is 11.5 Å². The molecule has 2 aromatic rings. The topological polar surface area (TPSA) is 54.6 Å². The number of benzene rings is 1. The zero-order chi connectivity index (χ0) is 17.5. The minimum Gasteiger partial charge on any atom is -0.507 e. The number of thiocarbonyl (C=S) groups is 1. The van der Waals surface area contributed by atoms with Crippen molar-refractivity contribution in [1.82, 2.24) is 5.32 Å². The number of hydrogen-bond acceptors (Lipinski definition) is 4. The highest BCUT2D eigenvalue weighted by Crippen LogP contribution is 2.43. The number of rotatable bonds is 3. The van der Waals surface area contributed by atoms with Crippen LogP contribution < -0.4 is 10.1 Å². The summed E-state index contributed by atoms with van der Waals surface area (Å²) in [5, 5.41) is 13.5. The molecule has 3 rings (SSSR count). The van der Waals surface area contributed by atoms with E-state index in [1.807, 2.05) is 39.8 Å². The van der Waals surface area contributed by atoms with Crippen LogP contribution in [0.4, 0.5) is 0 Å². The predicted octanol–water partition coefficient (Wildman–Crippen LogP) is 4.11. The van der Waals surface area contributed by atoms with E-state index < -0.39 is 5.60 Å². The molecule has 0 amide bonds. The van der Waals surface area contributed by atoms with Gasteiger partial charge >= 0.3 is 0 Å². The number of aromatic hydroxyl groups is 1. The van der Waals surface area contributed by atoms with Gasteiger partial charge in [0, 0.05) is 5.56 Å². The molecule has 0 saturated heterocycles. The molecule has 1 aliphatic rings. The largest absolute Gasteiger partial charge is 0.507 e. The van der Waals surface area contributed by atoms with Gasteiger partial charge in [-0.05, 0) is 69.4 Å². The van der Waals surface area contributed by atoms with Crippen molar-refractivity contribution in [2.45, 2.75) is 52.7 Å². The molecule has 2 heterocycles. The van der Waals surface area contributed by atoms with Crippen molar-refractivity contribution >= 4 is 17.2 Å². The average Bonchev–Trinajstić information content (AvgIpc) is 3.09. The zero-order valence-electron chi connectivity index (χ0n) is 14.5. The van der Waals surface area contributed by atoms with Crippen molar-refractivity contribution in [3.05, 3.63) is 46.4 Å². The van der Waals surface area contributed by atoms with Crippen LogP contribution in [-0.2, 0) is 13.0 Å². The van der Waals surface area contributed by atoms with E-state index in [0.29, 0.717) is 17.3 Å². The predicted molar refractivity (Wildman–Crippen MR) is 97.8 cm³/mol. The Morgan fingerprint density at radius 3 is 2.71 bits per heavy atom. The molecular weight excluding hydrogens is 322 g/mol. The summed E-state index contributed by atoms with van der Waals surface area (Å²) < 4.78 is 11.7. The quantitative estimate of drug-likeness (QED) is 0.820. The highest BCUT2D eigenvalue weighted by Gasteiger charge is 2.38. The van der Waals surface area contributed by atoms with Gasteiger partial charge in [0.1, 0.15) is 22.2 Å². The summed E-state index contributed by atoms with van der Waals surface area (Å²) in [6.07, 6.45) is 3.25. The number of fused-ring (bicyclic) bond motifs is 1. The zero-order valence-corrected chi connectivity index (χ0v) is 15.3. The molecule has 4 nitrogen and oxygen atoms in total. The van der Waals surface area contributed by atoms with Gasteiger partial charge in [-0.3, -0.25) is 0 Å². The summed E-state index contributed by atoms with van der Waals surface area (Å²) in [6.45, 7) is 8.41. The van der Waals surface area contributed by atoms with Gasteiger partial charge in [0.25, 0.3) is 0 Å². The van der Waals surface area contributed by atoms with Crippen molar-refractivity contribution in [1.29, 1.82) is 0 Å². The second kappa shape index (κ2) is 6.13. The second-order valence-electron chi connectivity index (χ2n) is 6.63. The minimum atomic E-state index is -0.560. The molecule has 1 unspecified atom stereocenters. The van der Waals surface area contributed by atoms with Gasteiger partial charge < -0.3 is 19.6 Å². The Hall–Kier alpha value is -2.01. The lowest BCUT2D eigenvalue weighted by atomic mass is 9.87. The van der Waals surface area contributed by atoms with Gasteiger partial charge in [0.05, 0.1) is 12.8 Å². The van der Waals surface area contributed by atoms with Crippen molar-refractivity contribution in [2.24, 2.45) is 0 Å². The highest BCUT2D eigenvalue weighted by molar-refractivity contribution is 7.80. The van der Waals surface area contributed by atoms with Gasteiger partial charge in [0.15, 0.2) is 5.60 Å². The highest BCUT2D eigenvalue weighted by atomic mass is 32.1. The summed E-state index contributed by atoms with van der Waals surface area (Å²) >= 11 is 5.60. The monoisotopic (exact) mass is 345 g/mol. The van der Waals surface area contributed by atoms with E-state index >= 15 is 0 Å². The third-order valence-electron chi connectivity index (χ3n) is 5.00. The van der Waals surface area contributed by atoms with E-state index in [9.17, 15) is 5.11 Å². The van der Waals surface area contributed by atoms with Crippen molar-refractivity contribution in [2.75, 3.05) is 0 Å². The van der Waals surface area contributed by atoms with E-state index in [-0.39, 0.29) is 0 Å². The lowest BCUT2D eigenvalue weighted by molar-refractivity contribution is 0.131. The van der Waals surface area contributed by atoms with Crippen molar-refractivity contribution in [3.63, 3.8) is 0 Å². The van der Waals surface area contributed by atoms with Crippen LogP contribution in [-0.4, -0.2) is 15.7 Å². The summed E-state index contributed by atoms with van der Waals surface area (Å²) in [4.78, 5) is 0.673. The summed E-state index contributed by atoms with van der Waals surface area (Å²) in [6, 6.07) is 3.77. The Kier molecular flexibility index (Phi) is 4.30. The number of nitrogens with one attached hydrogen (secondary N) is 1. The minimum absolute atomic E-state index is 0.372. The molecule has 1 aliphatic heterocycles. The lowest BCUT2D eigenvalue weighted by Gasteiger charge is -2.38. The number of hydrogen-bond donors (Lipinski definition) is 2. The van der Waals surface area contributed by atoms with E-state index in [0.717, 1.165) is 46.6 Å². The first-order valence-corrected chi connectivity index (χ1v) is 8.55. The lowest BCUT2D eigenvalue weighted by Crippen LogP contribution is -2.49. The average molecular weight is 345 g/mol. The Morgan fingerprint density at radius 1 is 1.29 bits per heavy atom. The van der Waals surface area contributed by atoms with E-state index in [2.05, 4.69) is 5.32 Å².